The van der Waals surface area contributed by atoms with Gasteiger partial charge in [-0.15, -0.1) is 0 Å². The zero-order chi connectivity index (χ0) is 23.6. The summed E-state index contributed by atoms with van der Waals surface area (Å²) in [6.45, 7) is 14.3. The SMILES string of the molecule is C[Si](C)(CCCOCCO)O[Si](C)(C)O[Si](C)(CCCOCCO)CCCOCCO. The number of hydrogen-bond donors (Lipinski definition) is 3. The molecule has 0 aromatic heterocycles. The molecule has 3 N–H and O–H groups in total. The van der Waals surface area contributed by atoms with E-state index < -0.39 is 25.2 Å². The third kappa shape index (κ3) is 18.4. The molecule has 0 aliphatic carbocycles. The molecule has 0 atom stereocenters. The highest BCUT2D eigenvalue weighted by molar-refractivity contribution is 6.88. The molecule has 0 fully saturated rings. The minimum absolute atomic E-state index is 0.0475. The van der Waals surface area contributed by atoms with Crippen LogP contribution in [0.3, 0.4) is 0 Å². The van der Waals surface area contributed by atoms with Gasteiger partial charge in [0.2, 0.25) is 0 Å². The van der Waals surface area contributed by atoms with Gasteiger partial charge < -0.3 is 37.8 Å². The van der Waals surface area contributed by atoms with Crippen LogP contribution in [-0.4, -0.2) is 100.0 Å². The highest BCUT2D eigenvalue weighted by Crippen LogP contribution is 2.29. The van der Waals surface area contributed by atoms with E-state index in [1.54, 1.807) is 0 Å². The maximum Gasteiger partial charge on any atom is 0.311 e. The van der Waals surface area contributed by atoms with Crippen LogP contribution in [-0.2, 0) is 22.4 Å². The normalized spacial score (nSPS) is 13.2. The predicted molar refractivity (Wildman–Crippen MR) is 131 cm³/mol. The van der Waals surface area contributed by atoms with Gasteiger partial charge in [0.1, 0.15) is 0 Å². The summed E-state index contributed by atoms with van der Waals surface area (Å²) in [5.74, 6) is 0. The molecule has 0 amide bonds. The molecular formula is C20H48O8Si3. The molecule has 31 heavy (non-hydrogen) atoms. The Morgan fingerprint density at radius 1 is 0.516 bits per heavy atom. The van der Waals surface area contributed by atoms with E-state index in [2.05, 4.69) is 32.7 Å². The maximum atomic E-state index is 8.88. The van der Waals surface area contributed by atoms with Crippen molar-refractivity contribution in [1.82, 2.24) is 0 Å². The topological polar surface area (TPSA) is 107 Å². The van der Waals surface area contributed by atoms with E-state index in [0.29, 0.717) is 39.6 Å². The lowest BCUT2D eigenvalue weighted by Crippen LogP contribution is -2.53. The quantitative estimate of drug-likeness (QED) is 0.154. The zero-order valence-electron chi connectivity index (χ0n) is 20.5. The largest absolute Gasteiger partial charge is 0.437 e. The molecule has 0 bridgehead atoms. The lowest BCUT2D eigenvalue weighted by atomic mass is 10.5. The first kappa shape index (κ1) is 31.3. The Morgan fingerprint density at radius 3 is 1.29 bits per heavy atom. The first-order valence-corrected chi connectivity index (χ1v) is 20.3. The van der Waals surface area contributed by atoms with Gasteiger partial charge in [-0.05, 0) is 70.1 Å². The Morgan fingerprint density at radius 2 is 0.903 bits per heavy atom. The summed E-state index contributed by atoms with van der Waals surface area (Å²) in [7, 11) is -6.24. The van der Waals surface area contributed by atoms with Gasteiger partial charge in [0.25, 0.3) is 0 Å². The van der Waals surface area contributed by atoms with E-state index in [-0.39, 0.29) is 19.8 Å². The van der Waals surface area contributed by atoms with Gasteiger partial charge in [-0.2, -0.15) is 0 Å². The van der Waals surface area contributed by atoms with Crippen LogP contribution in [0, 0.1) is 0 Å². The Kier molecular flexibility index (Phi) is 17.9. The Labute approximate surface area is 192 Å². The van der Waals surface area contributed by atoms with Crippen LogP contribution in [0.4, 0.5) is 0 Å². The van der Waals surface area contributed by atoms with Crippen molar-refractivity contribution in [3.8, 4) is 0 Å². The maximum absolute atomic E-state index is 8.88. The average molecular weight is 501 g/mol. The summed E-state index contributed by atoms with van der Waals surface area (Å²) < 4.78 is 29.8. The Bertz CT molecular complexity index is 413. The first-order chi connectivity index (χ1) is 14.6. The third-order valence-corrected chi connectivity index (χ3v) is 17.3. The smallest absolute Gasteiger partial charge is 0.311 e. The van der Waals surface area contributed by atoms with Gasteiger partial charge in [-0.3, -0.25) is 0 Å². The van der Waals surface area contributed by atoms with E-state index in [1.165, 1.54) is 0 Å². The molecule has 0 radical (unpaired) electrons. The van der Waals surface area contributed by atoms with Crippen molar-refractivity contribution in [2.45, 2.75) is 70.1 Å². The van der Waals surface area contributed by atoms with Crippen LogP contribution < -0.4 is 0 Å². The van der Waals surface area contributed by atoms with Crippen LogP contribution in [0.2, 0.25) is 50.9 Å². The first-order valence-electron chi connectivity index (χ1n) is 11.6. The molecule has 0 rings (SSSR count). The molecule has 11 heteroatoms. The third-order valence-electron chi connectivity index (χ3n) is 4.78. The highest BCUT2D eigenvalue weighted by atomic mass is 28.5. The predicted octanol–water partition coefficient (Wildman–Crippen LogP) is 2.70. The lowest BCUT2D eigenvalue weighted by molar-refractivity contribution is 0.0910. The molecule has 0 aliphatic heterocycles. The molecule has 0 aromatic rings. The summed E-state index contributed by atoms with van der Waals surface area (Å²) in [4.78, 5) is 0. The number of rotatable bonds is 22. The van der Waals surface area contributed by atoms with Crippen LogP contribution >= 0.6 is 0 Å². The lowest BCUT2D eigenvalue weighted by Gasteiger charge is -2.40. The molecule has 0 aliphatic rings. The van der Waals surface area contributed by atoms with Crippen LogP contribution in [0.15, 0.2) is 0 Å². The summed E-state index contributed by atoms with van der Waals surface area (Å²) in [5, 5.41) is 26.6. The van der Waals surface area contributed by atoms with Gasteiger partial charge in [-0.1, -0.05) is 0 Å². The summed E-state index contributed by atoms with van der Waals surface area (Å²) in [5.41, 5.74) is 0. The molecule has 8 nitrogen and oxygen atoms in total. The van der Waals surface area contributed by atoms with Crippen molar-refractivity contribution in [3.63, 3.8) is 0 Å². The van der Waals surface area contributed by atoms with Crippen molar-refractivity contribution in [3.05, 3.63) is 0 Å². The van der Waals surface area contributed by atoms with E-state index in [1.807, 2.05) is 0 Å². The van der Waals surface area contributed by atoms with Gasteiger partial charge in [0, 0.05) is 19.8 Å². The van der Waals surface area contributed by atoms with E-state index in [0.717, 1.165) is 37.4 Å². The average Bonchev–Trinajstić information content (AvgIpc) is 2.66. The molecule has 0 spiro atoms. The number of ether oxygens (including phenoxy) is 3. The van der Waals surface area contributed by atoms with Gasteiger partial charge in [-0.25, -0.2) is 0 Å². The van der Waals surface area contributed by atoms with Crippen LogP contribution in [0.5, 0.6) is 0 Å². The fourth-order valence-corrected chi connectivity index (χ4v) is 18.6. The van der Waals surface area contributed by atoms with Gasteiger partial charge in [0.05, 0.1) is 39.6 Å². The monoisotopic (exact) mass is 500 g/mol. The molecule has 0 unspecified atom stereocenters. The Balaban J connectivity index is 4.75. The second-order valence-corrected chi connectivity index (χ2v) is 21.5. The zero-order valence-corrected chi connectivity index (χ0v) is 23.5. The van der Waals surface area contributed by atoms with E-state index >= 15 is 0 Å². The summed E-state index contributed by atoms with van der Waals surface area (Å²) in [6, 6.07) is 2.96. The summed E-state index contributed by atoms with van der Waals surface area (Å²) >= 11 is 0. The minimum Gasteiger partial charge on any atom is -0.437 e. The second kappa shape index (κ2) is 17.8. The molecule has 0 saturated carbocycles. The minimum atomic E-state index is -2.32. The van der Waals surface area contributed by atoms with Crippen LogP contribution in [0.1, 0.15) is 19.3 Å². The van der Waals surface area contributed by atoms with E-state index in [4.69, 9.17) is 37.8 Å². The van der Waals surface area contributed by atoms with Crippen LogP contribution in [0.25, 0.3) is 0 Å². The highest BCUT2D eigenvalue weighted by Gasteiger charge is 2.41. The fourth-order valence-electron chi connectivity index (χ4n) is 3.75. The van der Waals surface area contributed by atoms with Crippen molar-refractivity contribution in [1.29, 1.82) is 0 Å². The molecular weight excluding hydrogens is 452 g/mol. The van der Waals surface area contributed by atoms with Crippen molar-refractivity contribution in [2.24, 2.45) is 0 Å². The number of aliphatic hydroxyl groups is 3. The fraction of sp³-hybridized carbons (Fsp3) is 1.00. The number of hydrogen-bond acceptors (Lipinski definition) is 8. The van der Waals surface area contributed by atoms with Crippen molar-refractivity contribution in [2.75, 3.05) is 59.5 Å². The Hall–Kier alpha value is 0.331. The second-order valence-electron chi connectivity index (χ2n) is 9.13. The standard InChI is InChI=1S/C20H48O8Si3/c1-29(2,18-6-12-24-15-9-21)27-30(3,4)28-31(5,19-7-13-25-16-10-22)20-8-14-26-17-11-23/h21-23H,6-20H2,1-5H3. The molecule has 188 valence electrons. The number of aliphatic hydroxyl groups excluding tert-OH is 3. The molecule has 0 saturated heterocycles. The van der Waals surface area contributed by atoms with Crippen molar-refractivity contribution >= 4 is 25.2 Å². The van der Waals surface area contributed by atoms with Gasteiger partial charge >= 0.3 is 8.56 Å². The van der Waals surface area contributed by atoms with E-state index in [9.17, 15) is 0 Å². The summed E-state index contributed by atoms with van der Waals surface area (Å²) in [6.07, 6.45) is 2.75. The molecule has 0 heterocycles. The molecule has 0 aromatic carbocycles. The van der Waals surface area contributed by atoms with Gasteiger partial charge in [0.15, 0.2) is 16.6 Å². The van der Waals surface area contributed by atoms with Crippen molar-refractivity contribution < 1.29 is 37.8 Å².